The van der Waals surface area contributed by atoms with Crippen LogP contribution >= 0.6 is 34.8 Å². The highest BCUT2D eigenvalue weighted by molar-refractivity contribution is 6.48. The first kappa shape index (κ1) is 16.0. The minimum Gasteiger partial charge on any atom is -0.480 e. The Morgan fingerprint density at radius 1 is 1.37 bits per heavy atom. The van der Waals surface area contributed by atoms with Crippen LogP contribution in [0, 0.1) is 0 Å². The van der Waals surface area contributed by atoms with Crippen molar-refractivity contribution in [2.24, 2.45) is 0 Å². The van der Waals surface area contributed by atoms with Gasteiger partial charge < -0.3 is 10.0 Å². The van der Waals surface area contributed by atoms with E-state index in [4.69, 9.17) is 39.9 Å². The van der Waals surface area contributed by atoms with E-state index < -0.39 is 17.9 Å². The van der Waals surface area contributed by atoms with Gasteiger partial charge in [0.15, 0.2) is 0 Å². The van der Waals surface area contributed by atoms with Gasteiger partial charge in [-0.2, -0.15) is 0 Å². The van der Waals surface area contributed by atoms with Crippen molar-refractivity contribution in [3.63, 3.8) is 0 Å². The number of amides is 1. The predicted molar refractivity (Wildman–Crippen MR) is 73.1 cm³/mol. The molecule has 1 heterocycles. The number of pyridine rings is 1. The summed E-state index contributed by atoms with van der Waals surface area (Å²) in [6.07, 6.45) is 1.45. The van der Waals surface area contributed by atoms with Crippen molar-refractivity contribution in [3.05, 3.63) is 27.0 Å². The molecule has 0 aliphatic heterocycles. The molecule has 1 amide bonds. The largest absolute Gasteiger partial charge is 0.480 e. The third-order valence-electron chi connectivity index (χ3n) is 2.58. The van der Waals surface area contributed by atoms with Gasteiger partial charge in [-0.3, -0.25) is 4.79 Å². The van der Waals surface area contributed by atoms with Gasteiger partial charge in [0, 0.05) is 13.2 Å². The summed E-state index contributed by atoms with van der Waals surface area (Å²) >= 11 is 17.4. The maximum Gasteiger partial charge on any atom is 0.326 e. The molecule has 8 heteroatoms. The topological polar surface area (TPSA) is 70.5 Å². The van der Waals surface area contributed by atoms with Crippen molar-refractivity contribution in [2.75, 3.05) is 7.05 Å². The lowest BCUT2D eigenvalue weighted by atomic mass is 10.2. The van der Waals surface area contributed by atoms with Crippen LogP contribution in [0.15, 0.2) is 6.20 Å². The number of carbonyl (C=O) groups excluding carboxylic acids is 1. The monoisotopic (exact) mass is 324 g/mol. The normalized spacial score (nSPS) is 12.1. The Morgan fingerprint density at radius 3 is 2.42 bits per heavy atom. The van der Waals surface area contributed by atoms with Gasteiger partial charge in [0.05, 0.1) is 15.1 Å². The quantitative estimate of drug-likeness (QED) is 0.924. The number of aromatic nitrogens is 1. The summed E-state index contributed by atoms with van der Waals surface area (Å²) < 4.78 is 0. The molecule has 0 aromatic carbocycles. The van der Waals surface area contributed by atoms with Crippen LogP contribution in [0.25, 0.3) is 0 Å². The van der Waals surface area contributed by atoms with Crippen LogP contribution in [0.2, 0.25) is 15.1 Å². The van der Waals surface area contributed by atoms with E-state index in [9.17, 15) is 9.59 Å². The minimum absolute atomic E-state index is 0.0125. The van der Waals surface area contributed by atoms with Gasteiger partial charge in [0.25, 0.3) is 5.91 Å². The van der Waals surface area contributed by atoms with E-state index in [1.165, 1.54) is 13.2 Å². The summed E-state index contributed by atoms with van der Waals surface area (Å²) in [4.78, 5) is 28.0. The second-order valence-electron chi connectivity index (χ2n) is 3.76. The number of carboxylic acids is 1. The van der Waals surface area contributed by atoms with E-state index in [1.807, 2.05) is 0 Å². The van der Waals surface area contributed by atoms with Crippen molar-refractivity contribution in [2.45, 2.75) is 19.4 Å². The molecule has 19 heavy (non-hydrogen) atoms. The predicted octanol–water partition coefficient (Wildman–Crippen LogP) is 2.98. The van der Waals surface area contributed by atoms with E-state index in [0.717, 1.165) is 4.90 Å². The lowest BCUT2D eigenvalue weighted by molar-refractivity contribution is -0.142. The van der Waals surface area contributed by atoms with Gasteiger partial charge in [-0.1, -0.05) is 41.7 Å². The average molecular weight is 326 g/mol. The summed E-state index contributed by atoms with van der Waals surface area (Å²) in [5.74, 6) is -1.73. The highest BCUT2D eigenvalue weighted by Crippen LogP contribution is 2.31. The molecule has 1 N–H and O–H groups in total. The Hall–Kier alpha value is -1.04. The van der Waals surface area contributed by atoms with Crippen LogP contribution in [0.5, 0.6) is 0 Å². The fourth-order valence-electron chi connectivity index (χ4n) is 1.52. The van der Waals surface area contributed by atoms with E-state index >= 15 is 0 Å². The zero-order valence-corrected chi connectivity index (χ0v) is 12.4. The number of carbonyl (C=O) groups is 2. The maximum atomic E-state index is 12.1. The van der Waals surface area contributed by atoms with Crippen LogP contribution in [0.1, 0.15) is 23.8 Å². The molecule has 0 spiro atoms. The molecule has 5 nitrogen and oxygen atoms in total. The van der Waals surface area contributed by atoms with Crippen LogP contribution in [0.4, 0.5) is 0 Å². The molecular formula is C11H11Cl3N2O3. The summed E-state index contributed by atoms with van der Waals surface area (Å²) in [5.41, 5.74) is -0.127. The van der Waals surface area contributed by atoms with Gasteiger partial charge in [-0.05, 0) is 6.42 Å². The number of aliphatic carboxylic acids is 1. The zero-order valence-electron chi connectivity index (χ0n) is 10.2. The fraction of sp³-hybridized carbons (Fsp3) is 0.364. The molecule has 0 saturated heterocycles. The van der Waals surface area contributed by atoms with Crippen LogP contribution in [-0.2, 0) is 4.79 Å². The van der Waals surface area contributed by atoms with Crippen molar-refractivity contribution in [1.29, 1.82) is 0 Å². The highest BCUT2D eigenvalue weighted by Gasteiger charge is 2.28. The number of hydrogen-bond acceptors (Lipinski definition) is 3. The van der Waals surface area contributed by atoms with E-state index in [1.54, 1.807) is 6.92 Å². The third-order valence-corrected chi connectivity index (χ3v) is 3.82. The molecule has 104 valence electrons. The fourth-order valence-corrected chi connectivity index (χ4v) is 2.08. The van der Waals surface area contributed by atoms with Crippen molar-refractivity contribution in [3.8, 4) is 0 Å². The van der Waals surface area contributed by atoms with E-state index in [0.29, 0.717) is 0 Å². The van der Waals surface area contributed by atoms with Gasteiger partial charge in [-0.25, -0.2) is 9.78 Å². The first-order valence-corrected chi connectivity index (χ1v) is 6.44. The van der Waals surface area contributed by atoms with Crippen LogP contribution in [-0.4, -0.2) is 40.0 Å². The van der Waals surface area contributed by atoms with E-state index in [2.05, 4.69) is 4.98 Å². The van der Waals surface area contributed by atoms with Gasteiger partial charge in [-0.15, -0.1) is 0 Å². The second kappa shape index (κ2) is 6.41. The SMILES string of the molecule is CCC(C(=O)O)N(C)C(=O)c1ncc(Cl)c(Cl)c1Cl. The summed E-state index contributed by atoms with van der Waals surface area (Å²) in [7, 11) is 1.37. The Morgan fingerprint density at radius 2 is 1.95 bits per heavy atom. The van der Waals surface area contributed by atoms with Crippen LogP contribution < -0.4 is 0 Å². The van der Waals surface area contributed by atoms with E-state index in [-0.39, 0.29) is 27.2 Å². The zero-order chi connectivity index (χ0) is 14.7. The average Bonchev–Trinajstić information content (AvgIpc) is 2.35. The molecule has 1 atom stereocenters. The third kappa shape index (κ3) is 3.29. The summed E-state index contributed by atoms with van der Waals surface area (Å²) in [5, 5.41) is 9.06. The van der Waals surface area contributed by atoms with Gasteiger partial charge >= 0.3 is 5.97 Å². The molecule has 1 aromatic rings. The van der Waals surface area contributed by atoms with Crippen molar-refractivity contribution in [1.82, 2.24) is 9.88 Å². The number of rotatable bonds is 4. The standard InChI is InChI=1S/C11H11Cl3N2O3/c1-3-6(11(18)19)16(2)10(17)9-8(14)7(13)5(12)4-15-9/h4,6H,3H2,1-2H3,(H,18,19). The molecule has 0 aliphatic rings. The first-order chi connectivity index (χ1) is 8.81. The number of likely N-dealkylation sites (N-methyl/N-ethyl adjacent to an activating group) is 1. The first-order valence-electron chi connectivity index (χ1n) is 5.30. The molecule has 0 saturated carbocycles. The minimum atomic E-state index is -1.10. The highest BCUT2D eigenvalue weighted by atomic mass is 35.5. The number of nitrogens with zero attached hydrogens (tertiary/aromatic N) is 2. The Balaban J connectivity index is 3.14. The number of hydrogen-bond donors (Lipinski definition) is 1. The maximum absolute atomic E-state index is 12.1. The molecule has 0 bridgehead atoms. The Labute approximate surface area is 125 Å². The number of halogens is 3. The Bertz CT molecular complexity index is 522. The molecule has 1 aromatic heterocycles. The lowest BCUT2D eigenvalue weighted by Crippen LogP contribution is -2.42. The molecule has 0 radical (unpaired) electrons. The van der Waals surface area contributed by atoms with Crippen molar-refractivity contribution < 1.29 is 14.7 Å². The lowest BCUT2D eigenvalue weighted by Gasteiger charge is -2.23. The van der Waals surface area contributed by atoms with Crippen molar-refractivity contribution >= 4 is 46.7 Å². The Kier molecular flexibility index (Phi) is 5.40. The molecule has 1 rings (SSSR count). The second-order valence-corrected chi connectivity index (χ2v) is 4.92. The number of carboxylic acid groups (broad SMARTS) is 1. The molecular weight excluding hydrogens is 314 g/mol. The summed E-state index contributed by atoms with van der Waals surface area (Å²) in [6.45, 7) is 1.66. The molecule has 0 aliphatic carbocycles. The smallest absolute Gasteiger partial charge is 0.326 e. The summed E-state index contributed by atoms with van der Waals surface area (Å²) in [6, 6.07) is -0.958. The molecule has 0 fully saturated rings. The van der Waals surface area contributed by atoms with Crippen LogP contribution in [0.3, 0.4) is 0 Å². The van der Waals surface area contributed by atoms with Gasteiger partial charge in [0.1, 0.15) is 11.7 Å². The van der Waals surface area contributed by atoms with Gasteiger partial charge in [0.2, 0.25) is 0 Å². The molecule has 1 unspecified atom stereocenters.